The van der Waals surface area contributed by atoms with Gasteiger partial charge in [-0.3, -0.25) is 14.3 Å². The fourth-order valence-electron chi connectivity index (χ4n) is 2.69. The summed E-state index contributed by atoms with van der Waals surface area (Å²) < 4.78 is 1.85. The van der Waals surface area contributed by atoms with Crippen LogP contribution in [-0.2, 0) is 11.3 Å². The van der Waals surface area contributed by atoms with Gasteiger partial charge in [-0.25, -0.2) is 0 Å². The molecule has 2 amide bonds. The maximum atomic E-state index is 12.7. The number of hydrogen-bond donors (Lipinski definition) is 2. The first kappa shape index (κ1) is 18.0. The highest BCUT2D eigenvalue weighted by molar-refractivity contribution is 6.06. The lowest BCUT2D eigenvalue weighted by atomic mass is 9.86. The van der Waals surface area contributed by atoms with Gasteiger partial charge in [0.2, 0.25) is 5.91 Å². The third-order valence-electron chi connectivity index (χ3n) is 4.02. The van der Waals surface area contributed by atoms with Crippen LogP contribution in [0.15, 0.2) is 24.3 Å². The fraction of sp³-hybridized carbons (Fsp3) is 0.500. The number of nitrogens with zero attached hydrogens (tertiary/aromatic N) is 2. The van der Waals surface area contributed by atoms with Crippen LogP contribution in [0.4, 0.5) is 0 Å². The van der Waals surface area contributed by atoms with Crippen molar-refractivity contribution < 1.29 is 9.59 Å². The Morgan fingerprint density at radius 3 is 2.54 bits per heavy atom. The summed E-state index contributed by atoms with van der Waals surface area (Å²) in [5.74, 6) is -0.925. The molecular weight excluding hydrogens is 304 g/mol. The number of nitrogens with two attached hydrogens (primary N) is 1. The maximum absolute atomic E-state index is 12.7. The Morgan fingerprint density at radius 1 is 1.29 bits per heavy atom. The molecule has 24 heavy (non-hydrogen) atoms. The van der Waals surface area contributed by atoms with Crippen LogP contribution >= 0.6 is 0 Å². The van der Waals surface area contributed by atoms with Gasteiger partial charge in [-0.15, -0.1) is 0 Å². The van der Waals surface area contributed by atoms with Gasteiger partial charge in [-0.2, -0.15) is 5.10 Å². The Balaban J connectivity index is 2.37. The highest BCUT2D eigenvalue weighted by Gasteiger charge is 2.32. The average Bonchev–Trinajstić information content (AvgIpc) is 2.88. The highest BCUT2D eigenvalue weighted by atomic mass is 16.2. The predicted molar refractivity (Wildman–Crippen MR) is 94.5 cm³/mol. The number of carbonyl (C=O) groups is 2. The number of fused-ring (bicyclic) bond motifs is 1. The number of amides is 2. The lowest BCUT2D eigenvalue weighted by molar-refractivity contribution is -0.122. The molecule has 0 aliphatic rings. The number of carbonyl (C=O) groups excluding carboxylic acids is 2. The molecule has 0 saturated carbocycles. The number of rotatable bonds is 6. The number of aryl methyl sites for hydroxylation is 1. The Hall–Kier alpha value is -2.37. The van der Waals surface area contributed by atoms with Gasteiger partial charge in [0.1, 0.15) is 6.04 Å². The minimum atomic E-state index is -0.760. The van der Waals surface area contributed by atoms with Crippen molar-refractivity contribution in [2.45, 2.75) is 53.1 Å². The Bertz CT molecular complexity index is 743. The number of hydrogen-bond acceptors (Lipinski definition) is 3. The monoisotopic (exact) mass is 330 g/mol. The molecule has 0 spiro atoms. The van der Waals surface area contributed by atoms with Crippen molar-refractivity contribution in [3.05, 3.63) is 30.0 Å². The summed E-state index contributed by atoms with van der Waals surface area (Å²) >= 11 is 0. The minimum Gasteiger partial charge on any atom is -0.368 e. The van der Waals surface area contributed by atoms with E-state index in [-0.39, 0.29) is 5.91 Å². The largest absolute Gasteiger partial charge is 0.368 e. The number of nitrogens with one attached hydrogen (secondary N) is 1. The number of unbranched alkanes of at least 4 members (excludes halogenated alkanes) is 1. The molecule has 0 saturated heterocycles. The molecule has 0 fully saturated rings. The van der Waals surface area contributed by atoms with Gasteiger partial charge >= 0.3 is 0 Å². The van der Waals surface area contributed by atoms with E-state index in [1.807, 2.05) is 49.7 Å². The molecule has 6 heteroatoms. The normalized spacial score (nSPS) is 13.0. The van der Waals surface area contributed by atoms with E-state index < -0.39 is 17.4 Å². The Labute approximate surface area is 142 Å². The lowest BCUT2D eigenvalue weighted by Crippen LogP contribution is -2.52. The molecular formula is C18H26N4O2. The summed E-state index contributed by atoms with van der Waals surface area (Å²) in [4.78, 5) is 24.4. The van der Waals surface area contributed by atoms with Gasteiger partial charge in [0.15, 0.2) is 5.69 Å². The van der Waals surface area contributed by atoms with Crippen molar-refractivity contribution in [3.63, 3.8) is 0 Å². The van der Waals surface area contributed by atoms with Gasteiger partial charge < -0.3 is 11.1 Å². The fourth-order valence-corrected chi connectivity index (χ4v) is 2.69. The van der Waals surface area contributed by atoms with Crippen LogP contribution < -0.4 is 11.1 Å². The summed E-state index contributed by atoms with van der Waals surface area (Å²) in [6.07, 6.45) is 2.03. The van der Waals surface area contributed by atoms with Gasteiger partial charge in [-0.1, -0.05) is 52.3 Å². The van der Waals surface area contributed by atoms with E-state index in [4.69, 9.17) is 5.73 Å². The second-order valence-electron chi connectivity index (χ2n) is 7.12. The van der Waals surface area contributed by atoms with E-state index in [2.05, 4.69) is 17.3 Å². The van der Waals surface area contributed by atoms with Crippen molar-refractivity contribution in [1.82, 2.24) is 15.1 Å². The molecule has 0 aliphatic heterocycles. The summed E-state index contributed by atoms with van der Waals surface area (Å²) in [6.45, 7) is 8.45. The first-order chi connectivity index (χ1) is 11.3. The molecule has 0 aliphatic carbocycles. The zero-order valence-corrected chi connectivity index (χ0v) is 14.8. The predicted octanol–water partition coefficient (Wildman–Crippen LogP) is 2.47. The molecule has 0 radical (unpaired) electrons. The molecule has 1 aromatic carbocycles. The van der Waals surface area contributed by atoms with Gasteiger partial charge in [-0.05, 0) is 17.9 Å². The van der Waals surface area contributed by atoms with Crippen molar-refractivity contribution in [3.8, 4) is 0 Å². The van der Waals surface area contributed by atoms with Crippen molar-refractivity contribution in [2.24, 2.45) is 11.1 Å². The molecule has 130 valence electrons. The Morgan fingerprint density at radius 2 is 1.96 bits per heavy atom. The van der Waals surface area contributed by atoms with Crippen molar-refractivity contribution >= 4 is 22.7 Å². The van der Waals surface area contributed by atoms with Crippen LogP contribution in [0.2, 0.25) is 0 Å². The van der Waals surface area contributed by atoms with E-state index in [0.717, 1.165) is 30.3 Å². The van der Waals surface area contributed by atoms with Crippen LogP contribution in [-0.4, -0.2) is 27.6 Å². The third kappa shape index (κ3) is 3.75. The molecule has 1 atom stereocenters. The summed E-state index contributed by atoms with van der Waals surface area (Å²) in [7, 11) is 0. The Kier molecular flexibility index (Phi) is 5.26. The number of primary amides is 1. The van der Waals surface area contributed by atoms with Crippen molar-refractivity contribution in [1.29, 1.82) is 0 Å². The zero-order chi connectivity index (χ0) is 17.9. The van der Waals surface area contributed by atoms with E-state index in [1.165, 1.54) is 0 Å². The van der Waals surface area contributed by atoms with Gasteiger partial charge in [0.25, 0.3) is 5.91 Å². The van der Waals surface area contributed by atoms with Crippen LogP contribution in [0.3, 0.4) is 0 Å². The average molecular weight is 330 g/mol. The van der Waals surface area contributed by atoms with Crippen LogP contribution in [0.5, 0.6) is 0 Å². The van der Waals surface area contributed by atoms with E-state index in [1.54, 1.807) is 0 Å². The standard InChI is InChI=1S/C18H26N4O2/c1-5-6-11-22-13-10-8-7-9-12(13)14(21-22)17(24)20-15(16(19)23)18(2,3)4/h7-10,15H,5-6,11H2,1-4H3,(H2,19,23)(H,20,24)/t15-/m1/s1. The lowest BCUT2D eigenvalue weighted by Gasteiger charge is -2.28. The quantitative estimate of drug-likeness (QED) is 0.852. The SMILES string of the molecule is CCCCn1nc(C(=O)N[C@H](C(N)=O)C(C)(C)C)c2ccccc21. The minimum absolute atomic E-state index is 0.331. The third-order valence-corrected chi connectivity index (χ3v) is 4.02. The van der Waals surface area contributed by atoms with Crippen molar-refractivity contribution in [2.75, 3.05) is 0 Å². The topological polar surface area (TPSA) is 90.0 Å². The molecule has 1 heterocycles. The maximum Gasteiger partial charge on any atom is 0.273 e. The number of para-hydroxylation sites is 1. The van der Waals surface area contributed by atoms with Crippen LogP contribution in [0.1, 0.15) is 51.0 Å². The van der Waals surface area contributed by atoms with E-state index in [0.29, 0.717) is 5.69 Å². The van der Waals surface area contributed by atoms with Crippen LogP contribution in [0.25, 0.3) is 10.9 Å². The molecule has 2 aromatic rings. The second kappa shape index (κ2) is 7.03. The first-order valence-corrected chi connectivity index (χ1v) is 8.31. The molecule has 6 nitrogen and oxygen atoms in total. The van der Waals surface area contributed by atoms with Crippen LogP contribution in [0, 0.1) is 5.41 Å². The van der Waals surface area contributed by atoms with E-state index >= 15 is 0 Å². The number of benzene rings is 1. The summed E-state index contributed by atoms with van der Waals surface area (Å²) in [5, 5.41) is 8.00. The molecule has 1 aromatic heterocycles. The van der Waals surface area contributed by atoms with Gasteiger partial charge in [0, 0.05) is 11.9 Å². The molecule has 2 rings (SSSR count). The van der Waals surface area contributed by atoms with Gasteiger partial charge in [0.05, 0.1) is 5.52 Å². The first-order valence-electron chi connectivity index (χ1n) is 8.31. The molecule has 0 unspecified atom stereocenters. The van der Waals surface area contributed by atoms with E-state index in [9.17, 15) is 9.59 Å². The highest BCUT2D eigenvalue weighted by Crippen LogP contribution is 2.22. The zero-order valence-electron chi connectivity index (χ0n) is 14.8. The summed E-state index contributed by atoms with van der Waals surface area (Å²) in [5.41, 5.74) is 6.23. The number of aromatic nitrogens is 2. The smallest absolute Gasteiger partial charge is 0.273 e. The summed E-state index contributed by atoms with van der Waals surface area (Å²) in [6, 6.07) is 6.86. The molecule has 3 N–H and O–H groups in total. The second-order valence-corrected chi connectivity index (χ2v) is 7.12. The molecule has 0 bridgehead atoms.